The van der Waals surface area contributed by atoms with E-state index in [2.05, 4.69) is 15.6 Å². The number of aromatic nitrogens is 1. The van der Waals surface area contributed by atoms with Crippen LogP contribution in [0.4, 0.5) is 11.5 Å². The SMILES string of the molecule is Cc1cc(NC(=O)[C@H](O)c2cccc3c2OCC3)ccc1-c1cnc(N)c(C(=O)NC(C)C)c1. The summed E-state index contributed by atoms with van der Waals surface area (Å²) < 4.78 is 5.61. The number of hydrogen-bond acceptors (Lipinski definition) is 6. The number of nitrogens with two attached hydrogens (primary N) is 1. The van der Waals surface area contributed by atoms with Crippen LogP contribution in [0.25, 0.3) is 11.1 Å². The van der Waals surface area contributed by atoms with Crippen molar-refractivity contribution >= 4 is 23.3 Å². The number of aliphatic hydroxyl groups excluding tert-OH is 1. The Balaban J connectivity index is 1.53. The summed E-state index contributed by atoms with van der Waals surface area (Å²) in [5.41, 5.74) is 10.7. The highest BCUT2D eigenvalue weighted by molar-refractivity contribution is 6.00. The van der Waals surface area contributed by atoms with Crippen molar-refractivity contribution in [3.63, 3.8) is 0 Å². The Labute approximate surface area is 198 Å². The van der Waals surface area contributed by atoms with Crippen LogP contribution in [0.15, 0.2) is 48.7 Å². The number of ether oxygens (including phenoxy) is 1. The molecular weight excluding hydrogens is 432 g/mol. The molecule has 0 radical (unpaired) electrons. The molecule has 1 atom stereocenters. The van der Waals surface area contributed by atoms with Crippen molar-refractivity contribution in [2.24, 2.45) is 0 Å². The van der Waals surface area contributed by atoms with Gasteiger partial charge in [-0.3, -0.25) is 9.59 Å². The first-order chi connectivity index (χ1) is 16.2. The van der Waals surface area contributed by atoms with Crippen LogP contribution >= 0.6 is 0 Å². The average Bonchev–Trinajstić information content (AvgIpc) is 3.28. The summed E-state index contributed by atoms with van der Waals surface area (Å²) >= 11 is 0. The van der Waals surface area contributed by atoms with E-state index in [1.165, 1.54) is 0 Å². The summed E-state index contributed by atoms with van der Waals surface area (Å²) in [7, 11) is 0. The normalized spacial score (nSPS) is 13.2. The fourth-order valence-electron chi connectivity index (χ4n) is 4.02. The molecular formula is C26H28N4O4. The summed E-state index contributed by atoms with van der Waals surface area (Å²) in [4.78, 5) is 29.4. The number of nitrogen functional groups attached to an aromatic ring is 1. The molecule has 2 heterocycles. The number of hydrogen-bond donors (Lipinski definition) is 4. The molecule has 2 aromatic carbocycles. The number of carbonyl (C=O) groups is 2. The molecule has 1 aromatic heterocycles. The van der Waals surface area contributed by atoms with Crippen molar-refractivity contribution in [3.05, 3.63) is 70.9 Å². The molecule has 0 unspecified atom stereocenters. The molecule has 0 aliphatic carbocycles. The number of carbonyl (C=O) groups excluding carboxylic acids is 2. The maximum Gasteiger partial charge on any atom is 0.257 e. The Morgan fingerprint density at radius 3 is 2.71 bits per heavy atom. The molecule has 0 fully saturated rings. The molecule has 0 saturated carbocycles. The van der Waals surface area contributed by atoms with Gasteiger partial charge in [0.05, 0.1) is 12.2 Å². The van der Waals surface area contributed by atoms with Gasteiger partial charge in [0.2, 0.25) is 0 Å². The van der Waals surface area contributed by atoms with Crippen LogP contribution in [-0.4, -0.2) is 34.6 Å². The van der Waals surface area contributed by atoms with E-state index >= 15 is 0 Å². The van der Waals surface area contributed by atoms with Gasteiger partial charge in [-0.05, 0) is 55.7 Å². The maximum absolute atomic E-state index is 12.7. The van der Waals surface area contributed by atoms with Gasteiger partial charge in [-0.1, -0.05) is 24.3 Å². The highest BCUT2D eigenvalue weighted by Gasteiger charge is 2.25. The third-order valence-corrected chi connectivity index (χ3v) is 5.68. The second kappa shape index (κ2) is 9.52. The molecule has 1 aliphatic heterocycles. The van der Waals surface area contributed by atoms with E-state index in [0.29, 0.717) is 29.2 Å². The lowest BCUT2D eigenvalue weighted by atomic mass is 9.99. The first kappa shape index (κ1) is 23.3. The number of aryl methyl sites for hydroxylation is 1. The van der Waals surface area contributed by atoms with Crippen molar-refractivity contribution in [1.29, 1.82) is 0 Å². The Hall–Kier alpha value is -3.91. The number of amides is 2. The number of rotatable bonds is 6. The lowest BCUT2D eigenvalue weighted by Gasteiger charge is -2.16. The van der Waals surface area contributed by atoms with Crippen LogP contribution < -0.4 is 21.1 Å². The minimum Gasteiger partial charge on any atom is -0.493 e. The Kier molecular flexibility index (Phi) is 6.51. The van der Waals surface area contributed by atoms with E-state index in [-0.39, 0.29) is 17.8 Å². The number of benzene rings is 2. The molecule has 0 bridgehead atoms. The van der Waals surface area contributed by atoms with Gasteiger partial charge < -0.3 is 26.2 Å². The molecule has 3 aromatic rings. The zero-order chi connectivity index (χ0) is 24.4. The van der Waals surface area contributed by atoms with Crippen molar-refractivity contribution in [2.75, 3.05) is 17.7 Å². The fourth-order valence-corrected chi connectivity index (χ4v) is 4.02. The third-order valence-electron chi connectivity index (χ3n) is 5.68. The number of anilines is 2. The van der Waals surface area contributed by atoms with E-state index in [9.17, 15) is 14.7 Å². The molecule has 8 heteroatoms. The summed E-state index contributed by atoms with van der Waals surface area (Å²) in [6.45, 7) is 6.18. The first-order valence-corrected chi connectivity index (χ1v) is 11.2. The molecule has 34 heavy (non-hydrogen) atoms. The molecule has 4 rings (SSSR count). The Morgan fingerprint density at radius 2 is 1.97 bits per heavy atom. The van der Waals surface area contributed by atoms with Gasteiger partial charge in [-0.2, -0.15) is 0 Å². The zero-order valence-electron chi connectivity index (χ0n) is 19.4. The number of para-hydroxylation sites is 1. The predicted molar refractivity (Wildman–Crippen MR) is 131 cm³/mol. The van der Waals surface area contributed by atoms with E-state index in [1.54, 1.807) is 30.5 Å². The summed E-state index contributed by atoms with van der Waals surface area (Å²) in [6.07, 6.45) is 1.03. The molecule has 8 nitrogen and oxygen atoms in total. The number of aliphatic hydroxyl groups is 1. The van der Waals surface area contributed by atoms with Crippen molar-refractivity contribution in [1.82, 2.24) is 10.3 Å². The van der Waals surface area contributed by atoms with Crippen molar-refractivity contribution in [2.45, 2.75) is 39.3 Å². The Bertz CT molecular complexity index is 1260. The van der Waals surface area contributed by atoms with Gasteiger partial charge in [0.1, 0.15) is 11.6 Å². The van der Waals surface area contributed by atoms with Crippen LogP contribution in [0.3, 0.4) is 0 Å². The largest absolute Gasteiger partial charge is 0.493 e. The third kappa shape index (κ3) is 4.72. The van der Waals surface area contributed by atoms with Crippen molar-refractivity contribution in [3.8, 4) is 16.9 Å². The summed E-state index contributed by atoms with van der Waals surface area (Å²) in [6, 6.07) is 12.5. The van der Waals surface area contributed by atoms with Gasteiger partial charge >= 0.3 is 0 Å². The van der Waals surface area contributed by atoms with Gasteiger partial charge in [-0.25, -0.2) is 4.98 Å². The number of nitrogens with zero attached hydrogens (tertiary/aromatic N) is 1. The average molecular weight is 461 g/mol. The predicted octanol–water partition coefficient (Wildman–Crippen LogP) is 3.38. The van der Waals surface area contributed by atoms with Gasteiger partial charge in [0.25, 0.3) is 11.8 Å². The van der Waals surface area contributed by atoms with E-state index in [4.69, 9.17) is 10.5 Å². The molecule has 2 amide bonds. The second-order valence-corrected chi connectivity index (χ2v) is 8.64. The van der Waals surface area contributed by atoms with Gasteiger partial charge in [0, 0.05) is 35.5 Å². The second-order valence-electron chi connectivity index (χ2n) is 8.64. The lowest BCUT2D eigenvalue weighted by Crippen LogP contribution is -2.30. The zero-order valence-corrected chi connectivity index (χ0v) is 19.4. The molecule has 1 aliphatic rings. The number of pyridine rings is 1. The van der Waals surface area contributed by atoms with Crippen LogP contribution in [0, 0.1) is 6.92 Å². The van der Waals surface area contributed by atoms with E-state index in [0.717, 1.165) is 28.7 Å². The first-order valence-electron chi connectivity index (χ1n) is 11.2. The van der Waals surface area contributed by atoms with Crippen molar-refractivity contribution < 1.29 is 19.4 Å². The van der Waals surface area contributed by atoms with Gasteiger partial charge in [-0.15, -0.1) is 0 Å². The quantitative estimate of drug-likeness (QED) is 0.447. The molecule has 176 valence electrons. The molecule has 0 spiro atoms. The minimum atomic E-state index is -1.35. The highest BCUT2D eigenvalue weighted by Crippen LogP contribution is 2.34. The summed E-state index contributed by atoms with van der Waals surface area (Å²) in [5.74, 6) is -0.0785. The van der Waals surface area contributed by atoms with E-state index in [1.807, 2.05) is 39.0 Å². The number of fused-ring (bicyclic) bond motifs is 1. The molecule has 0 saturated heterocycles. The van der Waals surface area contributed by atoms with E-state index < -0.39 is 12.0 Å². The van der Waals surface area contributed by atoms with Gasteiger partial charge in [0.15, 0.2) is 6.10 Å². The van der Waals surface area contributed by atoms with Crippen LogP contribution in [0.1, 0.15) is 47.0 Å². The lowest BCUT2D eigenvalue weighted by molar-refractivity contribution is -0.124. The maximum atomic E-state index is 12.7. The summed E-state index contributed by atoms with van der Waals surface area (Å²) in [5, 5.41) is 16.2. The monoisotopic (exact) mass is 460 g/mol. The smallest absolute Gasteiger partial charge is 0.257 e. The number of nitrogens with one attached hydrogen (secondary N) is 2. The van der Waals surface area contributed by atoms with Crippen LogP contribution in [0.5, 0.6) is 5.75 Å². The fraction of sp³-hybridized carbons (Fsp3) is 0.269. The molecule has 5 N–H and O–H groups in total. The minimum absolute atomic E-state index is 0.0287. The highest BCUT2D eigenvalue weighted by atomic mass is 16.5. The van der Waals surface area contributed by atoms with Crippen LogP contribution in [-0.2, 0) is 11.2 Å². The van der Waals surface area contributed by atoms with Crippen LogP contribution in [0.2, 0.25) is 0 Å². The Morgan fingerprint density at radius 1 is 1.18 bits per heavy atom. The standard InChI is InChI=1S/C26H28N4O4/c1-14(2)29-25(32)21-12-17(13-28-24(21)27)19-8-7-18(11-15(19)3)30-26(33)22(31)20-6-4-5-16-9-10-34-23(16)20/h4-8,11-14,22,31H,9-10H2,1-3H3,(H2,27,28)(H,29,32)(H,30,33)/t22-/m1/s1. The topological polar surface area (TPSA) is 127 Å².